The van der Waals surface area contributed by atoms with E-state index in [2.05, 4.69) is 15.2 Å². The summed E-state index contributed by atoms with van der Waals surface area (Å²) in [5.41, 5.74) is 1.21. The molecule has 1 saturated heterocycles. The summed E-state index contributed by atoms with van der Waals surface area (Å²) in [5.74, 6) is 0.984. The van der Waals surface area contributed by atoms with Gasteiger partial charge in [0.25, 0.3) is 5.91 Å². The standard InChI is InChI=1S/C17H16ClN5O/c18-13-6-7-19-14(10-13)17(24)22-8-3-4-12(11-22)16-21-20-15-5-1-2-9-23(15)16/h1-2,5-7,9-10,12H,3-4,8,11H2. The highest BCUT2D eigenvalue weighted by atomic mass is 35.5. The Morgan fingerprint density at radius 1 is 1.25 bits per heavy atom. The van der Waals surface area contributed by atoms with Crippen LogP contribution < -0.4 is 0 Å². The number of halogens is 1. The van der Waals surface area contributed by atoms with Crippen molar-refractivity contribution in [3.8, 4) is 0 Å². The Balaban J connectivity index is 1.59. The monoisotopic (exact) mass is 341 g/mol. The molecule has 3 aromatic rings. The van der Waals surface area contributed by atoms with Crippen LogP contribution in [0.15, 0.2) is 42.7 Å². The number of amides is 1. The molecule has 4 heterocycles. The Bertz CT molecular complexity index is 893. The zero-order valence-electron chi connectivity index (χ0n) is 13.0. The molecule has 3 aromatic heterocycles. The first-order chi connectivity index (χ1) is 11.7. The molecule has 0 aromatic carbocycles. The van der Waals surface area contributed by atoms with Crippen molar-refractivity contribution in [1.29, 1.82) is 0 Å². The number of pyridine rings is 2. The normalized spacial score (nSPS) is 18.0. The number of likely N-dealkylation sites (tertiary alicyclic amines) is 1. The van der Waals surface area contributed by atoms with Crippen LogP contribution in [-0.2, 0) is 0 Å². The quantitative estimate of drug-likeness (QED) is 0.719. The van der Waals surface area contributed by atoms with Gasteiger partial charge in [-0.25, -0.2) is 0 Å². The van der Waals surface area contributed by atoms with Gasteiger partial charge < -0.3 is 4.90 Å². The third kappa shape index (κ3) is 2.73. The van der Waals surface area contributed by atoms with Crippen molar-refractivity contribution in [1.82, 2.24) is 24.5 Å². The molecule has 1 unspecified atom stereocenters. The summed E-state index contributed by atoms with van der Waals surface area (Å²) in [6.07, 6.45) is 5.44. The summed E-state index contributed by atoms with van der Waals surface area (Å²) < 4.78 is 2.00. The van der Waals surface area contributed by atoms with Gasteiger partial charge in [-0.05, 0) is 37.1 Å². The van der Waals surface area contributed by atoms with E-state index in [1.165, 1.54) is 0 Å². The lowest BCUT2D eigenvalue weighted by molar-refractivity contribution is 0.0698. The van der Waals surface area contributed by atoms with E-state index in [9.17, 15) is 4.79 Å². The number of hydrogen-bond donors (Lipinski definition) is 0. The van der Waals surface area contributed by atoms with Gasteiger partial charge in [-0.15, -0.1) is 10.2 Å². The fourth-order valence-electron chi connectivity index (χ4n) is 3.19. The fraction of sp³-hybridized carbons (Fsp3) is 0.294. The van der Waals surface area contributed by atoms with Crippen molar-refractivity contribution < 1.29 is 4.79 Å². The van der Waals surface area contributed by atoms with E-state index in [-0.39, 0.29) is 11.8 Å². The topological polar surface area (TPSA) is 63.4 Å². The molecule has 0 bridgehead atoms. The van der Waals surface area contributed by atoms with Gasteiger partial charge in [-0.3, -0.25) is 14.2 Å². The van der Waals surface area contributed by atoms with E-state index < -0.39 is 0 Å². The Hall–Kier alpha value is -2.47. The molecule has 24 heavy (non-hydrogen) atoms. The van der Waals surface area contributed by atoms with Gasteiger partial charge in [-0.1, -0.05) is 17.7 Å². The lowest BCUT2D eigenvalue weighted by atomic mass is 9.97. The number of piperidine rings is 1. The summed E-state index contributed by atoms with van der Waals surface area (Å²) in [6, 6.07) is 9.11. The van der Waals surface area contributed by atoms with E-state index in [0.29, 0.717) is 17.3 Å². The van der Waals surface area contributed by atoms with Crippen LogP contribution in [0, 0.1) is 0 Å². The van der Waals surface area contributed by atoms with Crippen molar-refractivity contribution >= 4 is 23.2 Å². The largest absolute Gasteiger partial charge is 0.337 e. The molecule has 0 saturated carbocycles. The third-order valence-corrected chi connectivity index (χ3v) is 4.59. The Labute approximate surface area is 144 Å². The van der Waals surface area contributed by atoms with E-state index in [1.54, 1.807) is 18.3 Å². The molecule has 1 fully saturated rings. The lowest BCUT2D eigenvalue weighted by Gasteiger charge is -2.31. The van der Waals surface area contributed by atoms with Gasteiger partial charge in [0.1, 0.15) is 11.5 Å². The zero-order chi connectivity index (χ0) is 16.5. The van der Waals surface area contributed by atoms with Crippen LogP contribution in [0.1, 0.15) is 35.1 Å². The van der Waals surface area contributed by atoms with Crippen LogP contribution in [0.4, 0.5) is 0 Å². The predicted molar refractivity (Wildman–Crippen MR) is 90.1 cm³/mol. The highest BCUT2D eigenvalue weighted by molar-refractivity contribution is 6.30. The molecule has 4 rings (SSSR count). The molecule has 1 atom stereocenters. The van der Waals surface area contributed by atoms with Crippen molar-refractivity contribution in [2.24, 2.45) is 0 Å². The minimum atomic E-state index is -0.0870. The molecule has 0 spiro atoms. The van der Waals surface area contributed by atoms with Gasteiger partial charge >= 0.3 is 0 Å². The van der Waals surface area contributed by atoms with Gasteiger partial charge in [0.2, 0.25) is 0 Å². The number of carbonyl (C=O) groups is 1. The summed E-state index contributed by atoms with van der Waals surface area (Å²) in [7, 11) is 0. The SMILES string of the molecule is O=C(c1cc(Cl)ccn1)N1CCCC(c2nnc3ccccn23)C1. The van der Waals surface area contributed by atoms with E-state index in [1.807, 2.05) is 33.7 Å². The van der Waals surface area contributed by atoms with Gasteiger partial charge in [0, 0.05) is 36.4 Å². The summed E-state index contributed by atoms with van der Waals surface area (Å²) in [6.45, 7) is 1.34. The smallest absolute Gasteiger partial charge is 0.272 e. The van der Waals surface area contributed by atoms with Gasteiger partial charge in [0.15, 0.2) is 5.65 Å². The molecular formula is C17H16ClN5O. The van der Waals surface area contributed by atoms with Crippen molar-refractivity contribution in [2.45, 2.75) is 18.8 Å². The molecule has 1 aliphatic rings. The number of aromatic nitrogens is 4. The van der Waals surface area contributed by atoms with Gasteiger partial charge in [-0.2, -0.15) is 0 Å². The number of fused-ring (bicyclic) bond motifs is 1. The average molecular weight is 342 g/mol. The second-order valence-electron chi connectivity index (χ2n) is 5.94. The van der Waals surface area contributed by atoms with Gasteiger partial charge in [0.05, 0.1) is 0 Å². The maximum absolute atomic E-state index is 12.7. The minimum absolute atomic E-state index is 0.0870. The number of hydrogen-bond acceptors (Lipinski definition) is 4. The molecule has 6 nitrogen and oxygen atoms in total. The molecule has 0 N–H and O–H groups in total. The molecule has 0 aliphatic carbocycles. The first-order valence-electron chi connectivity index (χ1n) is 7.93. The number of carbonyl (C=O) groups excluding carboxylic acids is 1. The molecular weight excluding hydrogens is 326 g/mol. The van der Waals surface area contributed by atoms with E-state index in [4.69, 9.17) is 11.6 Å². The first kappa shape index (κ1) is 15.1. The minimum Gasteiger partial charge on any atom is -0.337 e. The van der Waals surface area contributed by atoms with Crippen LogP contribution in [-0.4, -0.2) is 43.5 Å². The highest BCUT2D eigenvalue weighted by Crippen LogP contribution is 2.27. The van der Waals surface area contributed by atoms with E-state index in [0.717, 1.165) is 30.9 Å². The zero-order valence-corrected chi connectivity index (χ0v) is 13.7. The predicted octanol–water partition coefficient (Wildman–Crippen LogP) is 2.80. The summed E-state index contributed by atoms with van der Waals surface area (Å²) in [5, 5.41) is 9.07. The van der Waals surface area contributed by atoms with Crippen LogP contribution >= 0.6 is 11.6 Å². The molecule has 1 aliphatic heterocycles. The maximum atomic E-state index is 12.7. The second kappa shape index (κ2) is 6.20. The van der Waals surface area contributed by atoms with Crippen molar-refractivity contribution in [2.75, 3.05) is 13.1 Å². The summed E-state index contributed by atoms with van der Waals surface area (Å²) in [4.78, 5) is 18.7. The first-order valence-corrected chi connectivity index (χ1v) is 8.30. The Morgan fingerprint density at radius 2 is 2.17 bits per heavy atom. The van der Waals surface area contributed by atoms with E-state index >= 15 is 0 Å². The highest BCUT2D eigenvalue weighted by Gasteiger charge is 2.28. The van der Waals surface area contributed by atoms with Crippen LogP contribution in [0.5, 0.6) is 0 Å². The molecule has 0 radical (unpaired) electrons. The second-order valence-corrected chi connectivity index (χ2v) is 6.37. The molecule has 122 valence electrons. The Kier molecular flexibility index (Phi) is 3.90. The van der Waals surface area contributed by atoms with Crippen LogP contribution in [0.2, 0.25) is 5.02 Å². The summed E-state index contributed by atoms with van der Waals surface area (Å²) >= 11 is 5.97. The number of nitrogens with zero attached hydrogens (tertiary/aromatic N) is 5. The fourth-order valence-corrected chi connectivity index (χ4v) is 3.35. The molecule has 1 amide bonds. The average Bonchev–Trinajstić information content (AvgIpc) is 3.05. The lowest BCUT2D eigenvalue weighted by Crippen LogP contribution is -2.39. The number of rotatable bonds is 2. The maximum Gasteiger partial charge on any atom is 0.272 e. The molecule has 7 heteroatoms. The Morgan fingerprint density at radius 3 is 3.04 bits per heavy atom. The van der Waals surface area contributed by atoms with Crippen molar-refractivity contribution in [3.05, 3.63) is 59.3 Å². The third-order valence-electron chi connectivity index (χ3n) is 4.35. The van der Waals surface area contributed by atoms with Crippen LogP contribution in [0.3, 0.4) is 0 Å². The van der Waals surface area contributed by atoms with Crippen LogP contribution in [0.25, 0.3) is 5.65 Å². The van der Waals surface area contributed by atoms with Crippen molar-refractivity contribution in [3.63, 3.8) is 0 Å².